The lowest BCUT2D eigenvalue weighted by molar-refractivity contribution is 0.221. The van der Waals surface area contributed by atoms with Crippen molar-refractivity contribution in [3.05, 3.63) is 65.7 Å². The first-order valence-electron chi connectivity index (χ1n) is 10.1. The van der Waals surface area contributed by atoms with E-state index in [1.54, 1.807) is 0 Å². The minimum Gasteiger partial charge on any atom is -0.299 e. The molecule has 0 aromatic heterocycles. The van der Waals surface area contributed by atoms with Gasteiger partial charge in [0.2, 0.25) is 0 Å². The van der Waals surface area contributed by atoms with Gasteiger partial charge in [0.05, 0.1) is 0 Å². The topological polar surface area (TPSA) is 6.48 Å². The van der Waals surface area contributed by atoms with Gasteiger partial charge in [-0.25, -0.2) is 4.31 Å². The molecule has 2 aliphatic rings. The highest BCUT2D eigenvalue weighted by Gasteiger charge is 2.25. The van der Waals surface area contributed by atoms with E-state index in [1.165, 1.54) is 67.8 Å². The molecular weight excluding hydrogens is 336 g/mol. The van der Waals surface area contributed by atoms with E-state index in [2.05, 4.69) is 63.8 Å². The number of nitrogens with zero attached hydrogens (tertiary/aromatic N) is 2. The van der Waals surface area contributed by atoms with Crippen molar-refractivity contribution in [3.8, 4) is 0 Å². The van der Waals surface area contributed by atoms with Crippen LogP contribution in [0.15, 0.2) is 59.5 Å². The van der Waals surface area contributed by atoms with E-state index in [0.29, 0.717) is 0 Å². The fraction of sp³-hybridized carbons (Fsp3) is 0.478. The lowest BCUT2D eigenvalue weighted by atomic mass is 10.1. The molecule has 0 bridgehead atoms. The van der Waals surface area contributed by atoms with Crippen LogP contribution in [0.25, 0.3) is 0 Å². The first-order chi connectivity index (χ1) is 12.8. The molecule has 1 aliphatic carbocycles. The Morgan fingerprint density at radius 2 is 1.65 bits per heavy atom. The normalized spacial score (nSPS) is 18.3. The minimum absolute atomic E-state index is 0.905. The molecule has 2 fully saturated rings. The van der Waals surface area contributed by atoms with Crippen molar-refractivity contribution < 1.29 is 0 Å². The fourth-order valence-corrected chi connectivity index (χ4v) is 4.88. The Hall–Kier alpha value is -1.29. The Bertz CT molecular complexity index is 678. The first-order valence-corrected chi connectivity index (χ1v) is 10.9. The zero-order valence-electron chi connectivity index (χ0n) is 15.6. The number of benzene rings is 2. The van der Waals surface area contributed by atoms with Crippen molar-refractivity contribution in [2.24, 2.45) is 5.92 Å². The Balaban J connectivity index is 1.40. The molecule has 138 valence electrons. The van der Waals surface area contributed by atoms with Gasteiger partial charge in [0.15, 0.2) is 0 Å². The molecule has 1 aliphatic heterocycles. The number of piperidine rings is 1. The van der Waals surface area contributed by atoms with Gasteiger partial charge in [0.1, 0.15) is 0 Å². The van der Waals surface area contributed by atoms with Crippen LogP contribution in [0.2, 0.25) is 0 Å². The van der Waals surface area contributed by atoms with Gasteiger partial charge in [0.25, 0.3) is 0 Å². The molecule has 4 rings (SSSR count). The number of hydrogen-bond donors (Lipinski definition) is 0. The summed E-state index contributed by atoms with van der Waals surface area (Å²) in [6, 6.07) is 20.1. The summed E-state index contributed by atoms with van der Waals surface area (Å²) in [5.41, 5.74) is 2.87. The van der Waals surface area contributed by atoms with Crippen LogP contribution in [0.4, 0.5) is 0 Å². The first kappa shape index (κ1) is 18.1. The molecule has 0 atom stereocenters. The largest absolute Gasteiger partial charge is 0.299 e. The van der Waals surface area contributed by atoms with Crippen LogP contribution in [0.3, 0.4) is 0 Å². The standard InChI is InChI=1S/C23H30N2S/c1-3-8-20(9-4-1)18-25(19-21-12-13-21)26-23-11-7-10-22(16-23)17-24-14-5-2-6-15-24/h1,3-4,7-11,16,21H,2,5-6,12-15,17-19H2. The van der Waals surface area contributed by atoms with Crippen LogP contribution >= 0.6 is 11.9 Å². The summed E-state index contributed by atoms with van der Waals surface area (Å²) in [6.07, 6.45) is 6.94. The Labute approximate surface area is 162 Å². The molecule has 2 aromatic carbocycles. The van der Waals surface area contributed by atoms with Gasteiger partial charge in [-0.3, -0.25) is 4.90 Å². The summed E-state index contributed by atoms with van der Waals surface area (Å²) in [5.74, 6) is 0.905. The molecule has 0 spiro atoms. The molecule has 0 unspecified atom stereocenters. The van der Waals surface area contributed by atoms with Gasteiger partial charge >= 0.3 is 0 Å². The second-order valence-electron chi connectivity index (χ2n) is 7.83. The predicted molar refractivity (Wildman–Crippen MR) is 111 cm³/mol. The third-order valence-electron chi connectivity index (χ3n) is 5.35. The van der Waals surface area contributed by atoms with E-state index in [-0.39, 0.29) is 0 Å². The van der Waals surface area contributed by atoms with Crippen LogP contribution in [-0.4, -0.2) is 28.8 Å². The van der Waals surface area contributed by atoms with Crippen molar-refractivity contribution in [2.45, 2.75) is 50.1 Å². The zero-order valence-corrected chi connectivity index (χ0v) is 16.5. The van der Waals surface area contributed by atoms with Gasteiger partial charge in [0, 0.05) is 24.5 Å². The van der Waals surface area contributed by atoms with Crippen LogP contribution in [0, 0.1) is 5.92 Å². The molecular formula is C23H30N2S. The predicted octanol–water partition coefficient (Wildman–Crippen LogP) is 5.59. The van der Waals surface area contributed by atoms with E-state index in [0.717, 1.165) is 19.0 Å². The van der Waals surface area contributed by atoms with Gasteiger partial charge < -0.3 is 0 Å². The van der Waals surface area contributed by atoms with Gasteiger partial charge in [-0.05, 0) is 79.9 Å². The van der Waals surface area contributed by atoms with Gasteiger partial charge in [-0.1, -0.05) is 48.9 Å². The SMILES string of the molecule is c1ccc(CN(CC2CC2)Sc2cccc(CN3CCCCC3)c2)cc1. The van der Waals surface area contributed by atoms with E-state index in [9.17, 15) is 0 Å². The molecule has 1 saturated carbocycles. The van der Waals surface area contributed by atoms with Crippen LogP contribution in [0.5, 0.6) is 0 Å². The van der Waals surface area contributed by atoms with Crippen molar-refractivity contribution in [3.63, 3.8) is 0 Å². The Kier molecular flexibility index (Phi) is 6.31. The van der Waals surface area contributed by atoms with Crippen molar-refractivity contribution in [1.29, 1.82) is 0 Å². The van der Waals surface area contributed by atoms with E-state index >= 15 is 0 Å². The van der Waals surface area contributed by atoms with Crippen LogP contribution < -0.4 is 0 Å². The monoisotopic (exact) mass is 366 g/mol. The molecule has 26 heavy (non-hydrogen) atoms. The average Bonchev–Trinajstić information content (AvgIpc) is 3.48. The lowest BCUT2D eigenvalue weighted by Crippen LogP contribution is -2.29. The maximum Gasteiger partial charge on any atom is 0.0344 e. The minimum atomic E-state index is 0.905. The molecule has 0 N–H and O–H groups in total. The summed E-state index contributed by atoms with van der Waals surface area (Å²) >= 11 is 1.94. The summed E-state index contributed by atoms with van der Waals surface area (Å²) in [5, 5.41) is 0. The highest BCUT2D eigenvalue weighted by molar-refractivity contribution is 7.97. The lowest BCUT2D eigenvalue weighted by Gasteiger charge is -2.26. The second kappa shape index (κ2) is 9.07. The molecule has 0 radical (unpaired) electrons. The third-order valence-corrected chi connectivity index (χ3v) is 6.35. The van der Waals surface area contributed by atoms with Crippen LogP contribution in [0.1, 0.15) is 43.2 Å². The Morgan fingerprint density at radius 3 is 2.42 bits per heavy atom. The molecule has 2 aromatic rings. The van der Waals surface area contributed by atoms with Crippen molar-refractivity contribution in [1.82, 2.24) is 9.21 Å². The molecule has 3 heteroatoms. The third kappa shape index (κ3) is 5.60. The van der Waals surface area contributed by atoms with E-state index in [4.69, 9.17) is 0 Å². The van der Waals surface area contributed by atoms with Crippen LogP contribution in [-0.2, 0) is 13.1 Å². The Morgan fingerprint density at radius 1 is 0.885 bits per heavy atom. The maximum absolute atomic E-state index is 2.61. The average molecular weight is 367 g/mol. The molecule has 0 amide bonds. The summed E-state index contributed by atoms with van der Waals surface area (Å²) < 4.78 is 2.56. The summed E-state index contributed by atoms with van der Waals surface area (Å²) in [7, 11) is 0. The zero-order chi connectivity index (χ0) is 17.6. The highest BCUT2D eigenvalue weighted by Crippen LogP contribution is 2.34. The number of hydrogen-bond acceptors (Lipinski definition) is 3. The van der Waals surface area contributed by atoms with Gasteiger partial charge in [-0.2, -0.15) is 0 Å². The maximum atomic E-state index is 2.61. The molecule has 1 heterocycles. The summed E-state index contributed by atoms with van der Waals surface area (Å²) in [6.45, 7) is 5.86. The highest BCUT2D eigenvalue weighted by atomic mass is 32.2. The number of likely N-dealkylation sites (tertiary alicyclic amines) is 1. The van der Waals surface area contributed by atoms with Crippen molar-refractivity contribution in [2.75, 3.05) is 19.6 Å². The smallest absolute Gasteiger partial charge is 0.0344 e. The fourth-order valence-electron chi connectivity index (χ4n) is 3.73. The van der Waals surface area contributed by atoms with E-state index < -0.39 is 0 Å². The van der Waals surface area contributed by atoms with Crippen molar-refractivity contribution >= 4 is 11.9 Å². The van der Waals surface area contributed by atoms with E-state index in [1.807, 2.05) is 11.9 Å². The number of rotatable bonds is 8. The molecule has 1 saturated heterocycles. The summed E-state index contributed by atoms with van der Waals surface area (Å²) in [4.78, 5) is 4.00. The quantitative estimate of drug-likeness (QED) is 0.562. The van der Waals surface area contributed by atoms with Gasteiger partial charge in [-0.15, -0.1) is 0 Å². The second-order valence-corrected chi connectivity index (χ2v) is 9.00. The molecule has 2 nitrogen and oxygen atoms in total.